The number of nitrogens with one attached hydrogen (secondary N) is 1. The Hall–Kier alpha value is -1.62. The number of nitro benzene ring substituents is 1. The average molecular weight is 277 g/mol. The van der Waals surface area contributed by atoms with Gasteiger partial charge in [-0.25, -0.2) is 0 Å². The van der Waals surface area contributed by atoms with Crippen molar-refractivity contribution in [2.75, 3.05) is 18.4 Å². The fourth-order valence-electron chi connectivity index (χ4n) is 2.52. The first-order valence-corrected chi connectivity index (χ1v) is 7.41. The third-order valence-electron chi connectivity index (χ3n) is 3.58. The lowest BCUT2D eigenvalue weighted by Gasteiger charge is -2.21. The summed E-state index contributed by atoms with van der Waals surface area (Å²) in [6.07, 6.45) is 3.71. The molecule has 0 aliphatic heterocycles. The Balaban J connectivity index is 2.14. The van der Waals surface area contributed by atoms with Crippen molar-refractivity contribution in [2.24, 2.45) is 0 Å². The molecule has 110 valence electrons. The second-order valence-electron chi connectivity index (χ2n) is 5.34. The quantitative estimate of drug-likeness (QED) is 0.584. The molecule has 2 rings (SSSR count). The third-order valence-corrected chi connectivity index (χ3v) is 3.58. The molecule has 0 atom stereocenters. The lowest BCUT2D eigenvalue weighted by Crippen LogP contribution is -2.26. The van der Waals surface area contributed by atoms with E-state index in [0.717, 1.165) is 25.1 Å². The topological polar surface area (TPSA) is 58.4 Å². The molecular weight excluding hydrogens is 254 g/mol. The van der Waals surface area contributed by atoms with Gasteiger partial charge >= 0.3 is 0 Å². The van der Waals surface area contributed by atoms with Crippen LogP contribution in [0.25, 0.3) is 0 Å². The molecule has 5 nitrogen and oxygen atoms in total. The van der Waals surface area contributed by atoms with Gasteiger partial charge in [0.2, 0.25) is 0 Å². The Labute approximate surface area is 120 Å². The maximum Gasteiger partial charge on any atom is 0.292 e. The maximum absolute atomic E-state index is 11.0. The van der Waals surface area contributed by atoms with Crippen LogP contribution in [-0.4, -0.2) is 29.0 Å². The van der Waals surface area contributed by atoms with Gasteiger partial charge in [-0.3, -0.25) is 15.0 Å². The number of nitro groups is 1. The summed E-state index contributed by atoms with van der Waals surface area (Å²) in [7, 11) is 0. The summed E-state index contributed by atoms with van der Waals surface area (Å²) in [5.41, 5.74) is 1.93. The molecule has 0 spiro atoms. The second-order valence-corrected chi connectivity index (χ2v) is 5.34. The SMILES string of the molecule is CCCN(Cc1ccc([N+](=O)[O-])c(NCC)c1)C1CC1. The summed E-state index contributed by atoms with van der Waals surface area (Å²) in [6, 6.07) is 6.13. The molecule has 0 radical (unpaired) electrons. The summed E-state index contributed by atoms with van der Waals surface area (Å²) in [5, 5.41) is 14.1. The van der Waals surface area contributed by atoms with Crippen LogP contribution in [0.4, 0.5) is 11.4 Å². The van der Waals surface area contributed by atoms with Crippen molar-refractivity contribution in [3.8, 4) is 0 Å². The average Bonchev–Trinajstić information content (AvgIpc) is 3.23. The van der Waals surface area contributed by atoms with Crippen LogP contribution in [0.15, 0.2) is 18.2 Å². The summed E-state index contributed by atoms with van der Waals surface area (Å²) in [5.74, 6) is 0. The highest BCUT2D eigenvalue weighted by Crippen LogP contribution is 2.30. The largest absolute Gasteiger partial charge is 0.380 e. The van der Waals surface area contributed by atoms with Gasteiger partial charge in [-0.1, -0.05) is 13.0 Å². The smallest absolute Gasteiger partial charge is 0.292 e. The summed E-state index contributed by atoms with van der Waals surface area (Å²) >= 11 is 0. The van der Waals surface area contributed by atoms with E-state index in [-0.39, 0.29) is 10.6 Å². The van der Waals surface area contributed by atoms with Gasteiger partial charge in [0, 0.05) is 25.2 Å². The minimum Gasteiger partial charge on any atom is -0.380 e. The van der Waals surface area contributed by atoms with Crippen LogP contribution < -0.4 is 5.32 Å². The predicted octanol–water partition coefficient (Wildman–Crippen LogP) is 3.40. The number of rotatable bonds is 8. The molecule has 0 heterocycles. The summed E-state index contributed by atoms with van der Waals surface area (Å²) < 4.78 is 0. The van der Waals surface area contributed by atoms with Gasteiger partial charge < -0.3 is 5.32 Å². The van der Waals surface area contributed by atoms with Crippen molar-refractivity contribution in [3.05, 3.63) is 33.9 Å². The zero-order valence-electron chi connectivity index (χ0n) is 12.3. The molecule has 0 saturated heterocycles. The first-order valence-electron chi connectivity index (χ1n) is 7.41. The Morgan fingerprint density at radius 1 is 1.40 bits per heavy atom. The van der Waals surface area contributed by atoms with Crippen LogP contribution >= 0.6 is 0 Å². The molecule has 1 N–H and O–H groups in total. The van der Waals surface area contributed by atoms with Crippen molar-refractivity contribution < 1.29 is 4.92 Å². The van der Waals surface area contributed by atoms with Crippen LogP contribution in [-0.2, 0) is 6.54 Å². The molecule has 0 aromatic heterocycles. The maximum atomic E-state index is 11.0. The first-order chi connectivity index (χ1) is 9.65. The van der Waals surface area contributed by atoms with Gasteiger partial charge in [0.1, 0.15) is 5.69 Å². The zero-order valence-corrected chi connectivity index (χ0v) is 12.3. The van der Waals surface area contributed by atoms with Gasteiger partial charge in [0.15, 0.2) is 0 Å². The number of hydrogen-bond acceptors (Lipinski definition) is 4. The Morgan fingerprint density at radius 3 is 2.70 bits per heavy atom. The monoisotopic (exact) mass is 277 g/mol. The molecule has 0 unspecified atom stereocenters. The van der Waals surface area contributed by atoms with Crippen LogP contribution in [0.3, 0.4) is 0 Å². The zero-order chi connectivity index (χ0) is 14.5. The number of nitrogens with zero attached hydrogens (tertiary/aromatic N) is 2. The van der Waals surface area contributed by atoms with Crippen molar-refractivity contribution in [3.63, 3.8) is 0 Å². The standard InChI is InChI=1S/C15H23N3O2/c1-3-9-17(13-6-7-13)11-12-5-8-15(18(19)20)14(10-12)16-4-2/h5,8,10,13,16H,3-4,6-7,9,11H2,1-2H3. The van der Waals surface area contributed by atoms with E-state index in [4.69, 9.17) is 0 Å². The second kappa shape index (κ2) is 6.70. The number of hydrogen-bond donors (Lipinski definition) is 1. The highest BCUT2D eigenvalue weighted by molar-refractivity contribution is 5.62. The van der Waals surface area contributed by atoms with Gasteiger partial charge in [-0.15, -0.1) is 0 Å². The Kier molecular flexibility index (Phi) is 4.95. The highest BCUT2D eigenvalue weighted by Gasteiger charge is 2.28. The van der Waals surface area contributed by atoms with Crippen LogP contribution in [0.2, 0.25) is 0 Å². The summed E-state index contributed by atoms with van der Waals surface area (Å²) in [4.78, 5) is 13.2. The highest BCUT2D eigenvalue weighted by atomic mass is 16.6. The van der Waals surface area contributed by atoms with E-state index < -0.39 is 0 Å². The normalized spacial score (nSPS) is 14.6. The van der Waals surface area contributed by atoms with Crippen molar-refractivity contribution in [1.82, 2.24) is 4.90 Å². The molecule has 1 aliphatic rings. The first kappa shape index (κ1) is 14.8. The van der Waals surface area contributed by atoms with Crippen LogP contribution in [0.1, 0.15) is 38.7 Å². The van der Waals surface area contributed by atoms with E-state index in [0.29, 0.717) is 18.3 Å². The predicted molar refractivity (Wildman–Crippen MR) is 81.0 cm³/mol. The van der Waals surface area contributed by atoms with E-state index in [1.54, 1.807) is 6.07 Å². The molecule has 1 saturated carbocycles. The molecule has 1 aromatic rings. The van der Waals surface area contributed by atoms with Crippen molar-refractivity contribution in [2.45, 2.75) is 45.7 Å². The van der Waals surface area contributed by atoms with Gasteiger partial charge in [0.05, 0.1) is 4.92 Å². The lowest BCUT2D eigenvalue weighted by molar-refractivity contribution is -0.384. The minimum absolute atomic E-state index is 0.157. The number of benzene rings is 1. The minimum atomic E-state index is -0.327. The molecule has 0 amide bonds. The molecule has 1 aromatic carbocycles. The molecule has 0 bridgehead atoms. The fraction of sp³-hybridized carbons (Fsp3) is 0.600. The van der Waals surface area contributed by atoms with E-state index in [9.17, 15) is 10.1 Å². The lowest BCUT2D eigenvalue weighted by atomic mass is 10.1. The Morgan fingerprint density at radius 2 is 2.15 bits per heavy atom. The molecule has 20 heavy (non-hydrogen) atoms. The van der Waals surface area contributed by atoms with E-state index in [2.05, 4.69) is 17.1 Å². The van der Waals surface area contributed by atoms with E-state index >= 15 is 0 Å². The molecule has 1 fully saturated rings. The third kappa shape index (κ3) is 3.70. The van der Waals surface area contributed by atoms with E-state index in [1.165, 1.54) is 12.8 Å². The molecule has 5 heteroatoms. The van der Waals surface area contributed by atoms with Gasteiger partial charge in [-0.05, 0) is 44.4 Å². The fourth-order valence-corrected chi connectivity index (χ4v) is 2.52. The van der Waals surface area contributed by atoms with Crippen molar-refractivity contribution in [1.29, 1.82) is 0 Å². The molecule has 1 aliphatic carbocycles. The van der Waals surface area contributed by atoms with Gasteiger partial charge in [0.25, 0.3) is 5.69 Å². The van der Waals surface area contributed by atoms with E-state index in [1.807, 2.05) is 19.1 Å². The number of anilines is 1. The molecular formula is C15H23N3O2. The van der Waals surface area contributed by atoms with Crippen LogP contribution in [0.5, 0.6) is 0 Å². The van der Waals surface area contributed by atoms with Crippen LogP contribution in [0, 0.1) is 10.1 Å². The Bertz CT molecular complexity index is 472. The van der Waals surface area contributed by atoms with Crippen molar-refractivity contribution >= 4 is 11.4 Å². The summed E-state index contributed by atoms with van der Waals surface area (Å²) in [6.45, 7) is 6.80. The van der Waals surface area contributed by atoms with Gasteiger partial charge in [-0.2, -0.15) is 0 Å².